The second kappa shape index (κ2) is 8.78. The van der Waals surface area contributed by atoms with Gasteiger partial charge in [0.1, 0.15) is 11.5 Å². The Morgan fingerprint density at radius 2 is 1.83 bits per heavy atom. The number of amides is 1. The van der Waals surface area contributed by atoms with E-state index in [9.17, 15) is 4.79 Å². The predicted molar refractivity (Wildman–Crippen MR) is 135 cm³/mol. The molecule has 2 aliphatic rings. The van der Waals surface area contributed by atoms with Crippen molar-refractivity contribution in [3.63, 3.8) is 0 Å². The first kappa shape index (κ1) is 21.7. The molecule has 0 aliphatic carbocycles. The van der Waals surface area contributed by atoms with Crippen LogP contribution in [0.25, 0.3) is 22.2 Å². The van der Waals surface area contributed by atoms with Gasteiger partial charge < -0.3 is 24.1 Å². The average Bonchev–Trinajstić information content (AvgIpc) is 3.61. The first-order chi connectivity index (χ1) is 17.2. The minimum Gasteiger partial charge on any atom is -0.497 e. The molecule has 3 aromatic carbocycles. The monoisotopic (exact) mass is 468 g/mol. The number of aromatic nitrogens is 1. The molecule has 1 N–H and O–H groups in total. The smallest absolute Gasteiger partial charge is 0.255 e. The summed E-state index contributed by atoms with van der Waals surface area (Å²) in [6, 6.07) is 21.7. The second-order valence-corrected chi connectivity index (χ2v) is 9.11. The fourth-order valence-electron chi connectivity index (χ4n) is 5.55. The standard InChI is InChI=1S/C29H28N2O4/c1-33-18-13-14-25(34-2)23(16-18)27-26(22-11-5-6-12-24(22)30-27)28-20-9-3-4-10-21(20)29(32)31(28)17-19-8-7-15-35-19/h3-6,9-14,16,19,28,30H,7-8,15,17H2,1-2H3/t19-,28-/m1/s1. The van der Waals surface area contributed by atoms with Crippen LogP contribution in [0, 0.1) is 0 Å². The number of hydrogen-bond donors (Lipinski definition) is 1. The van der Waals surface area contributed by atoms with Crippen molar-refractivity contribution in [1.82, 2.24) is 9.88 Å². The molecule has 1 aromatic heterocycles. The number of carbonyl (C=O) groups is 1. The summed E-state index contributed by atoms with van der Waals surface area (Å²) in [6.45, 7) is 1.32. The maximum Gasteiger partial charge on any atom is 0.255 e. The fourth-order valence-corrected chi connectivity index (χ4v) is 5.55. The molecule has 2 aliphatic heterocycles. The number of ether oxygens (including phenoxy) is 3. The van der Waals surface area contributed by atoms with E-state index >= 15 is 0 Å². The Balaban J connectivity index is 1.60. The highest BCUT2D eigenvalue weighted by atomic mass is 16.5. The van der Waals surface area contributed by atoms with E-state index < -0.39 is 0 Å². The average molecular weight is 469 g/mol. The number of H-pyrrole nitrogens is 1. The van der Waals surface area contributed by atoms with Gasteiger partial charge in [0, 0.05) is 40.7 Å². The van der Waals surface area contributed by atoms with Crippen LogP contribution < -0.4 is 9.47 Å². The summed E-state index contributed by atoms with van der Waals surface area (Å²) in [5.74, 6) is 1.53. The van der Waals surface area contributed by atoms with Crippen molar-refractivity contribution in [3.05, 3.63) is 83.4 Å². The van der Waals surface area contributed by atoms with Gasteiger partial charge in [0.25, 0.3) is 5.91 Å². The number of nitrogens with one attached hydrogen (secondary N) is 1. The molecular weight excluding hydrogens is 440 g/mol. The molecule has 178 valence electrons. The summed E-state index contributed by atoms with van der Waals surface area (Å²) >= 11 is 0. The highest BCUT2D eigenvalue weighted by Gasteiger charge is 2.41. The second-order valence-electron chi connectivity index (χ2n) is 9.11. The highest BCUT2D eigenvalue weighted by molar-refractivity contribution is 6.02. The molecule has 0 saturated carbocycles. The molecule has 0 radical (unpaired) electrons. The largest absolute Gasteiger partial charge is 0.497 e. The summed E-state index contributed by atoms with van der Waals surface area (Å²) < 4.78 is 17.3. The van der Waals surface area contributed by atoms with Gasteiger partial charge in [-0.3, -0.25) is 4.79 Å². The highest BCUT2D eigenvalue weighted by Crippen LogP contribution is 2.47. The van der Waals surface area contributed by atoms with Gasteiger partial charge in [-0.2, -0.15) is 0 Å². The van der Waals surface area contributed by atoms with Crippen molar-refractivity contribution >= 4 is 16.8 Å². The van der Waals surface area contributed by atoms with Gasteiger partial charge in [-0.25, -0.2) is 0 Å². The quantitative estimate of drug-likeness (QED) is 0.401. The number of nitrogens with zero attached hydrogens (tertiary/aromatic N) is 1. The Hall–Kier alpha value is -3.77. The summed E-state index contributed by atoms with van der Waals surface area (Å²) in [7, 11) is 3.33. The van der Waals surface area contributed by atoms with Crippen LogP contribution in [0.1, 0.15) is 40.4 Å². The van der Waals surface area contributed by atoms with Crippen LogP contribution in [-0.4, -0.2) is 49.3 Å². The van der Waals surface area contributed by atoms with Gasteiger partial charge in [0.15, 0.2) is 0 Å². The van der Waals surface area contributed by atoms with Crippen molar-refractivity contribution in [3.8, 4) is 22.8 Å². The molecule has 1 amide bonds. The number of methoxy groups -OCH3 is 2. The molecule has 0 bridgehead atoms. The van der Waals surface area contributed by atoms with Crippen molar-refractivity contribution < 1.29 is 19.0 Å². The van der Waals surface area contributed by atoms with Gasteiger partial charge in [0.05, 0.1) is 32.1 Å². The number of para-hydroxylation sites is 1. The van der Waals surface area contributed by atoms with E-state index in [1.165, 1.54) is 0 Å². The van der Waals surface area contributed by atoms with Gasteiger partial charge in [-0.15, -0.1) is 0 Å². The molecule has 35 heavy (non-hydrogen) atoms. The molecule has 6 heteroatoms. The lowest BCUT2D eigenvalue weighted by atomic mass is 9.92. The minimum atomic E-state index is -0.245. The van der Waals surface area contributed by atoms with E-state index in [4.69, 9.17) is 14.2 Å². The molecule has 2 atom stereocenters. The Morgan fingerprint density at radius 1 is 1.00 bits per heavy atom. The zero-order valence-corrected chi connectivity index (χ0v) is 19.9. The normalized spacial score (nSPS) is 19.4. The van der Waals surface area contributed by atoms with E-state index in [2.05, 4.69) is 23.2 Å². The summed E-state index contributed by atoms with van der Waals surface area (Å²) in [5.41, 5.74) is 5.66. The molecule has 3 heterocycles. The first-order valence-electron chi connectivity index (χ1n) is 12.0. The Bertz CT molecular complexity index is 1400. The van der Waals surface area contributed by atoms with Crippen LogP contribution in [0.3, 0.4) is 0 Å². The zero-order chi connectivity index (χ0) is 23.9. The number of hydrogen-bond acceptors (Lipinski definition) is 4. The minimum absolute atomic E-state index is 0.0509. The number of rotatable bonds is 6. The molecule has 4 aromatic rings. The number of benzene rings is 3. The van der Waals surface area contributed by atoms with Crippen LogP contribution in [0.4, 0.5) is 0 Å². The number of aromatic amines is 1. The molecule has 6 rings (SSSR count). The fraction of sp³-hybridized carbons (Fsp3) is 0.276. The lowest BCUT2D eigenvalue weighted by Crippen LogP contribution is -2.35. The third kappa shape index (κ3) is 3.56. The summed E-state index contributed by atoms with van der Waals surface area (Å²) in [6.07, 6.45) is 2.05. The van der Waals surface area contributed by atoms with Gasteiger partial charge in [0.2, 0.25) is 0 Å². The van der Waals surface area contributed by atoms with E-state index in [-0.39, 0.29) is 18.1 Å². The maximum atomic E-state index is 13.7. The van der Waals surface area contributed by atoms with Gasteiger partial charge >= 0.3 is 0 Å². The maximum absolute atomic E-state index is 13.7. The first-order valence-corrected chi connectivity index (χ1v) is 12.0. The zero-order valence-electron chi connectivity index (χ0n) is 19.9. The van der Waals surface area contributed by atoms with Crippen LogP contribution in [0.15, 0.2) is 66.7 Å². The lowest BCUT2D eigenvalue weighted by Gasteiger charge is -2.29. The van der Waals surface area contributed by atoms with Crippen LogP contribution in [-0.2, 0) is 4.74 Å². The van der Waals surface area contributed by atoms with Gasteiger partial charge in [-0.05, 0) is 48.7 Å². The molecule has 6 nitrogen and oxygen atoms in total. The number of fused-ring (bicyclic) bond motifs is 2. The van der Waals surface area contributed by atoms with E-state index in [0.717, 1.165) is 69.8 Å². The lowest BCUT2D eigenvalue weighted by molar-refractivity contribution is 0.0501. The molecule has 0 spiro atoms. The van der Waals surface area contributed by atoms with Crippen LogP contribution in [0.5, 0.6) is 11.5 Å². The number of carbonyl (C=O) groups excluding carboxylic acids is 1. The molecule has 1 saturated heterocycles. The van der Waals surface area contributed by atoms with Gasteiger partial charge in [-0.1, -0.05) is 36.4 Å². The van der Waals surface area contributed by atoms with Crippen molar-refractivity contribution in [2.75, 3.05) is 27.4 Å². The predicted octanol–water partition coefficient (Wildman–Crippen LogP) is 5.58. The SMILES string of the molecule is COc1ccc(OC)c(-c2[nH]c3ccccc3c2[C@H]2c3ccccc3C(=O)N2C[C@H]2CCCO2)c1. The topological polar surface area (TPSA) is 63.8 Å². The van der Waals surface area contributed by atoms with E-state index in [0.29, 0.717) is 6.54 Å². The Kier molecular flexibility index (Phi) is 5.46. The van der Waals surface area contributed by atoms with Crippen molar-refractivity contribution in [2.24, 2.45) is 0 Å². The van der Waals surface area contributed by atoms with E-state index in [1.54, 1.807) is 14.2 Å². The molecular formula is C29H28N2O4. The summed E-state index contributed by atoms with van der Waals surface area (Å²) in [5, 5.41) is 1.08. The van der Waals surface area contributed by atoms with Crippen molar-refractivity contribution in [2.45, 2.75) is 25.0 Å². The molecule has 1 fully saturated rings. The third-order valence-electron chi connectivity index (χ3n) is 7.18. The molecule has 0 unspecified atom stereocenters. The van der Waals surface area contributed by atoms with E-state index in [1.807, 2.05) is 53.4 Å². The third-order valence-corrected chi connectivity index (χ3v) is 7.18. The summed E-state index contributed by atoms with van der Waals surface area (Å²) in [4.78, 5) is 19.3. The Morgan fingerprint density at radius 3 is 2.63 bits per heavy atom. The van der Waals surface area contributed by atoms with Crippen LogP contribution in [0.2, 0.25) is 0 Å². The Labute approximate surface area is 204 Å². The van der Waals surface area contributed by atoms with Crippen molar-refractivity contribution in [1.29, 1.82) is 0 Å². The van der Waals surface area contributed by atoms with Crippen LogP contribution >= 0.6 is 0 Å².